The van der Waals surface area contributed by atoms with Crippen LogP contribution in [0.25, 0.3) is 0 Å². The highest BCUT2D eigenvalue weighted by Gasteiger charge is 2.05. The summed E-state index contributed by atoms with van der Waals surface area (Å²) in [5.41, 5.74) is 0. The van der Waals surface area contributed by atoms with E-state index in [1.54, 1.807) is 6.26 Å². The minimum Gasteiger partial charge on any atom is -0.468 e. The van der Waals surface area contributed by atoms with E-state index < -0.39 is 0 Å². The van der Waals surface area contributed by atoms with Crippen molar-refractivity contribution in [2.75, 3.05) is 6.54 Å². The molecule has 2 rings (SSSR count). The molecule has 1 aromatic heterocycles. The van der Waals surface area contributed by atoms with Crippen LogP contribution in [0.3, 0.4) is 0 Å². The Hall–Kier alpha value is -0.900. The molecule has 0 aliphatic carbocycles. The lowest BCUT2D eigenvalue weighted by molar-refractivity contribution is 0.484. The van der Waals surface area contributed by atoms with Crippen molar-refractivity contribution in [3.63, 3.8) is 0 Å². The largest absolute Gasteiger partial charge is 0.468 e. The third kappa shape index (κ3) is 4.41. The quantitative estimate of drug-likeness (QED) is 0.803. The predicted octanol–water partition coefficient (Wildman–Crippen LogP) is 4.20. The van der Waals surface area contributed by atoms with Gasteiger partial charge in [0.1, 0.15) is 5.76 Å². The van der Waals surface area contributed by atoms with E-state index in [1.807, 2.05) is 42.1 Å². The predicted molar refractivity (Wildman–Crippen MR) is 77.2 cm³/mol. The maximum Gasteiger partial charge on any atom is 0.117 e. The fourth-order valence-electron chi connectivity index (χ4n) is 1.63. The van der Waals surface area contributed by atoms with E-state index in [-0.39, 0.29) is 0 Å². The van der Waals surface area contributed by atoms with Crippen LogP contribution in [0.15, 0.2) is 52.0 Å². The first-order chi connectivity index (χ1) is 8.74. The van der Waals surface area contributed by atoms with Crippen molar-refractivity contribution >= 4 is 23.4 Å². The van der Waals surface area contributed by atoms with E-state index in [2.05, 4.69) is 18.3 Å². The molecule has 1 aromatic carbocycles. The number of furan rings is 1. The fraction of sp³-hybridized carbons (Fsp3) is 0.286. The Morgan fingerprint density at radius 1 is 1.33 bits per heavy atom. The molecule has 0 spiro atoms. The van der Waals surface area contributed by atoms with Gasteiger partial charge in [-0.15, -0.1) is 11.8 Å². The van der Waals surface area contributed by atoms with Crippen LogP contribution in [-0.2, 0) is 6.54 Å². The molecule has 0 radical (unpaired) electrons. The van der Waals surface area contributed by atoms with Crippen LogP contribution in [0.1, 0.15) is 12.7 Å². The molecule has 0 saturated carbocycles. The average Bonchev–Trinajstić information content (AvgIpc) is 2.82. The Balaban J connectivity index is 1.73. The summed E-state index contributed by atoms with van der Waals surface area (Å²) in [6.45, 7) is 3.89. The Kier molecular flexibility index (Phi) is 5.17. The molecule has 1 heterocycles. The van der Waals surface area contributed by atoms with Gasteiger partial charge in [-0.25, -0.2) is 0 Å². The highest BCUT2D eigenvalue weighted by atomic mass is 35.5. The van der Waals surface area contributed by atoms with Crippen molar-refractivity contribution in [2.24, 2.45) is 0 Å². The van der Waals surface area contributed by atoms with Gasteiger partial charge in [-0.1, -0.05) is 24.6 Å². The van der Waals surface area contributed by atoms with Gasteiger partial charge in [0, 0.05) is 21.7 Å². The van der Waals surface area contributed by atoms with Gasteiger partial charge in [0.25, 0.3) is 0 Å². The number of hydrogen-bond acceptors (Lipinski definition) is 3. The number of nitrogens with one attached hydrogen (secondary N) is 1. The van der Waals surface area contributed by atoms with Gasteiger partial charge in [0.15, 0.2) is 0 Å². The fourth-order valence-corrected chi connectivity index (χ4v) is 2.90. The molecule has 0 fully saturated rings. The Morgan fingerprint density at radius 2 is 2.22 bits per heavy atom. The monoisotopic (exact) mass is 281 g/mol. The lowest BCUT2D eigenvalue weighted by Crippen LogP contribution is -2.21. The third-order valence-electron chi connectivity index (χ3n) is 2.44. The zero-order valence-electron chi connectivity index (χ0n) is 10.2. The molecule has 0 bridgehead atoms. The number of rotatable bonds is 6. The topological polar surface area (TPSA) is 25.2 Å². The Labute approximate surface area is 117 Å². The number of hydrogen-bond donors (Lipinski definition) is 1. The molecule has 18 heavy (non-hydrogen) atoms. The highest BCUT2D eigenvalue weighted by molar-refractivity contribution is 8.00. The van der Waals surface area contributed by atoms with Crippen LogP contribution in [0, 0.1) is 0 Å². The summed E-state index contributed by atoms with van der Waals surface area (Å²) in [4.78, 5) is 1.20. The van der Waals surface area contributed by atoms with Crippen LogP contribution in [0.5, 0.6) is 0 Å². The Morgan fingerprint density at radius 3 is 2.94 bits per heavy atom. The summed E-state index contributed by atoms with van der Waals surface area (Å²) in [7, 11) is 0. The van der Waals surface area contributed by atoms with Crippen molar-refractivity contribution in [2.45, 2.75) is 23.6 Å². The second-order valence-corrected chi connectivity index (χ2v) is 6.04. The summed E-state index contributed by atoms with van der Waals surface area (Å²) >= 11 is 7.78. The molecule has 0 aliphatic heterocycles. The summed E-state index contributed by atoms with van der Waals surface area (Å²) < 4.78 is 5.26. The van der Waals surface area contributed by atoms with Gasteiger partial charge in [0.2, 0.25) is 0 Å². The highest BCUT2D eigenvalue weighted by Crippen LogP contribution is 2.25. The van der Waals surface area contributed by atoms with Crippen molar-refractivity contribution < 1.29 is 4.42 Å². The van der Waals surface area contributed by atoms with Gasteiger partial charge in [0.05, 0.1) is 12.8 Å². The van der Waals surface area contributed by atoms with E-state index in [1.165, 1.54) is 4.90 Å². The molecular formula is C14H16ClNOS. The number of benzene rings is 1. The van der Waals surface area contributed by atoms with Gasteiger partial charge in [-0.3, -0.25) is 0 Å². The van der Waals surface area contributed by atoms with E-state index >= 15 is 0 Å². The second-order valence-electron chi connectivity index (χ2n) is 4.10. The van der Waals surface area contributed by atoms with Crippen LogP contribution in [0.4, 0.5) is 0 Å². The summed E-state index contributed by atoms with van der Waals surface area (Å²) in [5, 5.41) is 4.65. The van der Waals surface area contributed by atoms with Gasteiger partial charge in [-0.2, -0.15) is 0 Å². The molecular weight excluding hydrogens is 266 g/mol. The molecule has 0 amide bonds. The zero-order chi connectivity index (χ0) is 12.8. The minimum absolute atomic E-state index is 0.485. The molecule has 1 atom stereocenters. The van der Waals surface area contributed by atoms with E-state index in [0.717, 1.165) is 23.9 Å². The number of halogens is 1. The van der Waals surface area contributed by atoms with E-state index in [0.29, 0.717) is 5.25 Å². The first kappa shape index (κ1) is 13.5. The molecule has 0 aliphatic rings. The van der Waals surface area contributed by atoms with Crippen molar-refractivity contribution in [3.8, 4) is 0 Å². The minimum atomic E-state index is 0.485. The van der Waals surface area contributed by atoms with Crippen LogP contribution >= 0.6 is 23.4 Å². The lowest BCUT2D eigenvalue weighted by atomic mass is 10.4. The molecule has 2 aromatic rings. The SMILES string of the molecule is CC(CNCc1ccco1)Sc1cccc(Cl)c1. The van der Waals surface area contributed by atoms with Gasteiger partial charge < -0.3 is 9.73 Å². The smallest absolute Gasteiger partial charge is 0.117 e. The van der Waals surface area contributed by atoms with Crippen LogP contribution < -0.4 is 5.32 Å². The normalized spacial score (nSPS) is 12.6. The molecule has 1 unspecified atom stereocenters. The molecule has 0 saturated heterocycles. The maximum atomic E-state index is 5.96. The second kappa shape index (κ2) is 6.88. The summed E-state index contributed by atoms with van der Waals surface area (Å²) in [6, 6.07) is 11.8. The Bertz CT molecular complexity index is 472. The molecule has 1 N–H and O–H groups in total. The molecule has 96 valence electrons. The van der Waals surface area contributed by atoms with Crippen molar-refractivity contribution in [1.29, 1.82) is 0 Å². The van der Waals surface area contributed by atoms with Gasteiger partial charge >= 0.3 is 0 Å². The van der Waals surface area contributed by atoms with E-state index in [9.17, 15) is 0 Å². The molecule has 2 nitrogen and oxygen atoms in total. The zero-order valence-corrected chi connectivity index (χ0v) is 11.8. The standard InChI is InChI=1S/C14H16ClNOS/c1-11(9-16-10-13-5-3-7-17-13)18-14-6-2-4-12(15)8-14/h2-8,11,16H,9-10H2,1H3. The average molecular weight is 282 g/mol. The van der Waals surface area contributed by atoms with Crippen molar-refractivity contribution in [3.05, 3.63) is 53.4 Å². The van der Waals surface area contributed by atoms with Gasteiger partial charge in [-0.05, 0) is 30.3 Å². The maximum absolute atomic E-state index is 5.96. The molecule has 4 heteroatoms. The summed E-state index contributed by atoms with van der Waals surface area (Å²) in [5.74, 6) is 0.968. The van der Waals surface area contributed by atoms with E-state index in [4.69, 9.17) is 16.0 Å². The van der Waals surface area contributed by atoms with Crippen LogP contribution in [0.2, 0.25) is 5.02 Å². The van der Waals surface area contributed by atoms with Crippen molar-refractivity contribution in [1.82, 2.24) is 5.32 Å². The first-order valence-electron chi connectivity index (χ1n) is 5.89. The first-order valence-corrected chi connectivity index (χ1v) is 7.15. The number of thioether (sulfide) groups is 1. The summed E-state index contributed by atoms with van der Waals surface area (Å²) in [6.07, 6.45) is 1.70. The third-order valence-corrected chi connectivity index (χ3v) is 3.77. The van der Waals surface area contributed by atoms with Crippen LogP contribution in [-0.4, -0.2) is 11.8 Å². The lowest BCUT2D eigenvalue weighted by Gasteiger charge is -2.11.